The second-order valence-corrected chi connectivity index (χ2v) is 5.05. The van der Waals surface area contributed by atoms with Crippen molar-refractivity contribution >= 4 is 27.7 Å². The van der Waals surface area contributed by atoms with Gasteiger partial charge in [0.05, 0.1) is 0 Å². The molecule has 0 saturated carbocycles. The Balaban J connectivity index is 1.90. The van der Waals surface area contributed by atoms with Crippen molar-refractivity contribution in [1.29, 1.82) is 0 Å². The summed E-state index contributed by atoms with van der Waals surface area (Å²) in [5, 5.41) is 0. The second kappa shape index (κ2) is 6.15. The van der Waals surface area contributed by atoms with Crippen LogP contribution >= 0.6 is 15.9 Å². The third kappa shape index (κ3) is 3.20. The molecule has 1 aliphatic heterocycles. The van der Waals surface area contributed by atoms with E-state index in [1.807, 2.05) is 17.0 Å². The molecular formula is C12H16BrN3O2. The Morgan fingerprint density at radius 1 is 1.39 bits per heavy atom. The first-order valence-electron chi connectivity index (χ1n) is 5.84. The van der Waals surface area contributed by atoms with Gasteiger partial charge in [0, 0.05) is 44.0 Å². The fourth-order valence-corrected chi connectivity index (χ4v) is 2.19. The van der Waals surface area contributed by atoms with Crippen molar-refractivity contribution in [1.82, 2.24) is 9.88 Å². The number of nitrogens with zero attached hydrogens (tertiary/aromatic N) is 3. The third-order valence-electron chi connectivity index (χ3n) is 2.94. The van der Waals surface area contributed by atoms with Crippen LogP contribution in [0.1, 0.15) is 0 Å². The maximum absolute atomic E-state index is 11.6. The predicted molar refractivity (Wildman–Crippen MR) is 72.6 cm³/mol. The minimum Gasteiger partial charge on any atom is -0.375 e. The lowest BCUT2D eigenvalue weighted by Crippen LogP contribution is -2.49. The van der Waals surface area contributed by atoms with E-state index < -0.39 is 0 Å². The van der Waals surface area contributed by atoms with E-state index in [4.69, 9.17) is 4.74 Å². The Kier molecular flexibility index (Phi) is 4.54. The van der Waals surface area contributed by atoms with Crippen LogP contribution in [0.3, 0.4) is 0 Å². The van der Waals surface area contributed by atoms with Gasteiger partial charge in [-0.25, -0.2) is 4.98 Å². The quantitative estimate of drug-likeness (QED) is 0.839. The van der Waals surface area contributed by atoms with Crippen LogP contribution in [0.2, 0.25) is 0 Å². The number of halogens is 1. The van der Waals surface area contributed by atoms with E-state index in [2.05, 4.69) is 25.8 Å². The summed E-state index contributed by atoms with van der Waals surface area (Å²) in [7, 11) is 1.54. The van der Waals surface area contributed by atoms with E-state index >= 15 is 0 Å². The molecule has 0 spiro atoms. The topological polar surface area (TPSA) is 45.7 Å². The Morgan fingerprint density at radius 2 is 2.11 bits per heavy atom. The molecule has 6 heteroatoms. The first-order chi connectivity index (χ1) is 8.70. The van der Waals surface area contributed by atoms with Crippen molar-refractivity contribution in [3.05, 3.63) is 22.8 Å². The van der Waals surface area contributed by atoms with Gasteiger partial charge >= 0.3 is 0 Å². The lowest BCUT2D eigenvalue weighted by Gasteiger charge is -2.35. The van der Waals surface area contributed by atoms with Crippen LogP contribution < -0.4 is 4.90 Å². The highest BCUT2D eigenvalue weighted by Crippen LogP contribution is 2.16. The van der Waals surface area contributed by atoms with Crippen LogP contribution in [0.5, 0.6) is 0 Å². The monoisotopic (exact) mass is 313 g/mol. The average Bonchev–Trinajstić information content (AvgIpc) is 2.40. The fraction of sp³-hybridized carbons (Fsp3) is 0.500. The number of ether oxygens (including phenoxy) is 1. The van der Waals surface area contributed by atoms with Gasteiger partial charge in [-0.15, -0.1) is 0 Å². The summed E-state index contributed by atoms with van der Waals surface area (Å²) in [6.45, 7) is 3.23. The Labute approximate surface area is 115 Å². The Hall–Kier alpha value is -1.14. The highest BCUT2D eigenvalue weighted by molar-refractivity contribution is 9.10. The number of methoxy groups -OCH3 is 1. The van der Waals surface area contributed by atoms with Gasteiger partial charge in [0.15, 0.2) is 0 Å². The van der Waals surface area contributed by atoms with Crippen LogP contribution in [0.15, 0.2) is 22.8 Å². The summed E-state index contributed by atoms with van der Waals surface area (Å²) in [4.78, 5) is 20.0. The summed E-state index contributed by atoms with van der Waals surface area (Å²) in [5.74, 6) is 1.01. The number of aromatic nitrogens is 1. The number of amides is 1. The van der Waals surface area contributed by atoms with Crippen LogP contribution in [-0.4, -0.2) is 55.7 Å². The highest BCUT2D eigenvalue weighted by Gasteiger charge is 2.21. The average molecular weight is 314 g/mol. The van der Waals surface area contributed by atoms with Gasteiger partial charge in [-0.3, -0.25) is 4.79 Å². The molecule has 0 aromatic carbocycles. The van der Waals surface area contributed by atoms with E-state index in [1.54, 1.807) is 13.3 Å². The van der Waals surface area contributed by atoms with Crippen molar-refractivity contribution in [2.24, 2.45) is 0 Å². The summed E-state index contributed by atoms with van der Waals surface area (Å²) >= 11 is 3.37. The summed E-state index contributed by atoms with van der Waals surface area (Å²) < 4.78 is 5.83. The molecule has 18 heavy (non-hydrogen) atoms. The molecule has 0 aliphatic carbocycles. The lowest BCUT2D eigenvalue weighted by molar-refractivity contribution is -0.135. The van der Waals surface area contributed by atoms with Crippen molar-refractivity contribution in [3.8, 4) is 0 Å². The Bertz CT molecular complexity index is 402. The van der Waals surface area contributed by atoms with Crippen LogP contribution in [-0.2, 0) is 9.53 Å². The second-order valence-electron chi connectivity index (χ2n) is 4.14. The number of hydrogen-bond acceptors (Lipinski definition) is 4. The number of hydrogen-bond donors (Lipinski definition) is 0. The molecule has 2 heterocycles. The maximum atomic E-state index is 11.6. The molecule has 1 aromatic rings. The first kappa shape index (κ1) is 13.3. The molecule has 1 aliphatic rings. The summed E-state index contributed by atoms with van der Waals surface area (Å²) in [6.07, 6.45) is 1.79. The van der Waals surface area contributed by atoms with Crippen LogP contribution in [0.4, 0.5) is 5.82 Å². The molecule has 1 saturated heterocycles. The van der Waals surface area contributed by atoms with Crippen molar-refractivity contribution in [3.63, 3.8) is 0 Å². The van der Waals surface area contributed by atoms with Crippen LogP contribution in [0.25, 0.3) is 0 Å². The van der Waals surface area contributed by atoms with Gasteiger partial charge in [-0.1, -0.05) is 0 Å². The normalized spacial score (nSPS) is 15.9. The van der Waals surface area contributed by atoms with Crippen molar-refractivity contribution in [2.45, 2.75) is 0 Å². The molecule has 0 unspecified atom stereocenters. The molecule has 0 bridgehead atoms. The number of pyridine rings is 1. The number of rotatable bonds is 3. The van der Waals surface area contributed by atoms with Crippen molar-refractivity contribution < 1.29 is 9.53 Å². The van der Waals surface area contributed by atoms with E-state index in [-0.39, 0.29) is 12.5 Å². The Morgan fingerprint density at radius 3 is 2.67 bits per heavy atom. The molecule has 0 atom stereocenters. The van der Waals surface area contributed by atoms with Gasteiger partial charge in [-0.05, 0) is 28.1 Å². The smallest absolute Gasteiger partial charge is 0.248 e. The van der Waals surface area contributed by atoms with Gasteiger partial charge in [-0.2, -0.15) is 0 Å². The zero-order valence-electron chi connectivity index (χ0n) is 10.3. The molecular weight excluding hydrogens is 298 g/mol. The molecule has 0 N–H and O–H groups in total. The van der Waals surface area contributed by atoms with Gasteiger partial charge in [0.1, 0.15) is 12.4 Å². The standard InChI is InChI=1S/C12H16BrN3O2/c1-18-9-12(17)16-6-4-15(5-7-16)11-3-2-10(13)8-14-11/h2-3,8H,4-7,9H2,1H3. The SMILES string of the molecule is COCC(=O)N1CCN(c2ccc(Br)cn2)CC1. The zero-order chi connectivity index (χ0) is 13.0. The summed E-state index contributed by atoms with van der Waals surface area (Å²) in [6, 6.07) is 3.96. The number of anilines is 1. The lowest BCUT2D eigenvalue weighted by atomic mass is 10.3. The van der Waals surface area contributed by atoms with Crippen LogP contribution in [0, 0.1) is 0 Å². The molecule has 1 aromatic heterocycles. The van der Waals surface area contributed by atoms with Gasteiger partial charge in [0.2, 0.25) is 5.91 Å². The molecule has 98 valence electrons. The van der Waals surface area contributed by atoms with E-state index in [0.29, 0.717) is 0 Å². The van der Waals surface area contributed by atoms with E-state index in [0.717, 1.165) is 36.5 Å². The maximum Gasteiger partial charge on any atom is 0.248 e. The molecule has 5 nitrogen and oxygen atoms in total. The zero-order valence-corrected chi connectivity index (χ0v) is 11.9. The van der Waals surface area contributed by atoms with E-state index in [1.165, 1.54) is 0 Å². The molecule has 2 rings (SSSR count). The molecule has 1 fully saturated rings. The fourth-order valence-electron chi connectivity index (χ4n) is 1.95. The minimum absolute atomic E-state index is 0.0564. The highest BCUT2D eigenvalue weighted by atomic mass is 79.9. The molecule has 0 radical (unpaired) electrons. The van der Waals surface area contributed by atoms with Crippen molar-refractivity contribution in [2.75, 3.05) is 44.8 Å². The number of piperazine rings is 1. The first-order valence-corrected chi connectivity index (χ1v) is 6.63. The minimum atomic E-state index is 0.0564. The molecule has 1 amide bonds. The predicted octanol–water partition coefficient (Wildman–Crippen LogP) is 1.14. The van der Waals surface area contributed by atoms with Gasteiger partial charge in [0.25, 0.3) is 0 Å². The third-order valence-corrected chi connectivity index (χ3v) is 3.41. The van der Waals surface area contributed by atoms with Gasteiger partial charge < -0.3 is 14.5 Å². The largest absolute Gasteiger partial charge is 0.375 e. The van der Waals surface area contributed by atoms with E-state index in [9.17, 15) is 4.79 Å². The summed E-state index contributed by atoms with van der Waals surface area (Å²) in [5.41, 5.74) is 0. The number of carbonyl (C=O) groups is 1. The number of carbonyl (C=O) groups excluding carboxylic acids is 1.